The topological polar surface area (TPSA) is 77.1 Å². The Balaban J connectivity index is 1.62. The van der Waals surface area contributed by atoms with Crippen molar-refractivity contribution in [2.75, 3.05) is 0 Å². The number of rotatable bonds is 5. The minimum absolute atomic E-state index is 0.0530. The van der Waals surface area contributed by atoms with Gasteiger partial charge in [-0.15, -0.1) is 0 Å². The van der Waals surface area contributed by atoms with Crippen LogP contribution in [-0.2, 0) is 9.47 Å². The molecular formula is C21H21N3O3. The number of carbonyl (C=O) groups excluding carboxylic acids is 1. The molecule has 6 heteroatoms. The molecule has 2 aromatic heterocycles. The van der Waals surface area contributed by atoms with Gasteiger partial charge in [0, 0.05) is 12.6 Å². The summed E-state index contributed by atoms with van der Waals surface area (Å²) in [7, 11) is 0. The van der Waals surface area contributed by atoms with Crippen molar-refractivity contribution < 1.29 is 14.3 Å². The van der Waals surface area contributed by atoms with Crippen LogP contribution in [0.2, 0.25) is 0 Å². The fourth-order valence-electron chi connectivity index (χ4n) is 3.09. The second-order valence-corrected chi connectivity index (χ2v) is 7.04. The zero-order valence-electron chi connectivity index (χ0n) is 15.4. The number of hydrogen-bond donors (Lipinski definition) is 1. The van der Waals surface area contributed by atoms with Crippen LogP contribution in [0.5, 0.6) is 0 Å². The second kappa shape index (κ2) is 7.23. The Morgan fingerprint density at radius 1 is 1.30 bits per heavy atom. The molecule has 0 saturated carbocycles. The van der Waals surface area contributed by atoms with E-state index in [1.165, 1.54) is 6.26 Å². The van der Waals surface area contributed by atoms with Crippen molar-refractivity contribution in [3.8, 4) is 0 Å². The molecule has 27 heavy (non-hydrogen) atoms. The van der Waals surface area contributed by atoms with Crippen molar-refractivity contribution in [3.63, 3.8) is 0 Å². The van der Waals surface area contributed by atoms with Crippen LogP contribution in [0.1, 0.15) is 49.2 Å². The Labute approximate surface area is 157 Å². The normalized spacial score (nSPS) is 16.5. The molecule has 1 aliphatic heterocycles. The first-order chi connectivity index (χ1) is 13.1. The first kappa shape index (κ1) is 17.3. The van der Waals surface area contributed by atoms with E-state index in [-0.39, 0.29) is 11.7 Å². The van der Waals surface area contributed by atoms with E-state index < -0.39 is 0 Å². The fraction of sp³-hybridized carbons (Fsp3) is 0.286. The van der Waals surface area contributed by atoms with Gasteiger partial charge in [0.05, 0.1) is 11.8 Å². The Hall–Kier alpha value is -3.15. The van der Waals surface area contributed by atoms with Gasteiger partial charge in [0.1, 0.15) is 23.7 Å². The van der Waals surface area contributed by atoms with E-state index in [0.29, 0.717) is 40.4 Å². The Bertz CT molecular complexity index is 1010. The van der Waals surface area contributed by atoms with Crippen molar-refractivity contribution in [2.45, 2.75) is 33.1 Å². The van der Waals surface area contributed by atoms with Crippen molar-refractivity contribution in [2.24, 2.45) is 5.92 Å². The van der Waals surface area contributed by atoms with Gasteiger partial charge < -0.3 is 14.5 Å². The number of allylic oxidation sites excluding steroid dienone is 4. The molecule has 4 rings (SSSR count). The second-order valence-electron chi connectivity index (χ2n) is 7.04. The van der Waals surface area contributed by atoms with E-state index >= 15 is 0 Å². The highest BCUT2D eigenvalue weighted by Gasteiger charge is 2.20. The van der Waals surface area contributed by atoms with Gasteiger partial charge in [-0.1, -0.05) is 32.1 Å². The Kier molecular flexibility index (Phi) is 4.62. The lowest BCUT2D eigenvalue weighted by Crippen LogP contribution is -2.06. The summed E-state index contributed by atoms with van der Waals surface area (Å²) in [4.78, 5) is 24.5. The molecule has 0 unspecified atom stereocenters. The van der Waals surface area contributed by atoms with E-state index in [2.05, 4.69) is 21.0 Å². The van der Waals surface area contributed by atoms with Gasteiger partial charge in [-0.2, -0.15) is 0 Å². The molecule has 0 fully saturated rings. The molecule has 2 aromatic rings. The van der Waals surface area contributed by atoms with Crippen molar-refractivity contribution in [3.05, 3.63) is 65.7 Å². The highest BCUT2D eigenvalue weighted by molar-refractivity contribution is 6.05. The van der Waals surface area contributed by atoms with E-state index in [4.69, 9.17) is 9.47 Å². The number of aromatic amines is 1. The largest absolute Gasteiger partial charge is 0.465 e. The molecule has 0 saturated heterocycles. The maximum absolute atomic E-state index is 12.5. The predicted octanol–water partition coefficient (Wildman–Crippen LogP) is 4.65. The molecule has 0 atom stereocenters. The zero-order valence-corrected chi connectivity index (χ0v) is 15.4. The van der Waals surface area contributed by atoms with Crippen LogP contribution in [0.25, 0.3) is 16.9 Å². The maximum atomic E-state index is 12.5. The number of H-pyrrole nitrogens is 1. The van der Waals surface area contributed by atoms with Crippen LogP contribution in [0.3, 0.4) is 0 Å². The quantitative estimate of drug-likeness (QED) is 0.783. The van der Waals surface area contributed by atoms with Gasteiger partial charge in [0.25, 0.3) is 0 Å². The number of nitrogens with one attached hydrogen (secondary N) is 1. The Morgan fingerprint density at radius 3 is 2.93 bits per heavy atom. The number of ether oxygens (including phenoxy) is 2. The van der Waals surface area contributed by atoms with E-state index in [9.17, 15) is 4.79 Å². The first-order valence-corrected chi connectivity index (χ1v) is 9.09. The third-order valence-corrected chi connectivity index (χ3v) is 4.43. The third kappa shape index (κ3) is 3.56. The van der Waals surface area contributed by atoms with Crippen molar-refractivity contribution in [1.82, 2.24) is 15.0 Å². The Morgan fingerprint density at radius 2 is 2.15 bits per heavy atom. The molecule has 1 aliphatic carbocycles. The van der Waals surface area contributed by atoms with Crippen LogP contribution in [-0.4, -0.2) is 20.7 Å². The summed E-state index contributed by atoms with van der Waals surface area (Å²) in [6, 6.07) is 0. The summed E-state index contributed by atoms with van der Waals surface area (Å²) in [5.41, 5.74) is 3.30. The third-order valence-electron chi connectivity index (χ3n) is 4.43. The summed E-state index contributed by atoms with van der Waals surface area (Å²) in [6.45, 7) is 4.04. The lowest BCUT2D eigenvalue weighted by Gasteiger charge is -2.19. The summed E-state index contributed by atoms with van der Waals surface area (Å²) < 4.78 is 11.5. The molecule has 0 amide bonds. The number of fused-ring (bicyclic) bond motifs is 1. The first-order valence-electron chi connectivity index (χ1n) is 9.09. The molecule has 0 bridgehead atoms. The number of ketones is 1. The standard InChI is InChI=1S/C21H21N3O3/c1-13(2)8-17(25)15-9-22-21-20(15)24-16(10-23-21)19-12-26-11-18(27-19)14-6-4-3-5-7-14/h3-4,6,9-13H,5,7-8H2,1-2H3,(H,22,23). The fourth-order valence-corrected chi connectivity index (χ4v) is 3.09. The summed E-state index contributed by atoms with van der Waals surface area (Å²) in [6.07, 6.45) is 14.9. The molecular weight excluding hydrogens is 342 g/mol. The van der Waals surface area contributed by atoms with Gasteiger partial charge in [0.2, 0.25) is 0 Å². The van der Waals surface area contributed by atoms with Gasteiger partial charge in [-0.25, -0.2) is 9.97 Å². The number of carbonyl (C=O) groups is 1. The zero-order chi connectivity index (χ0) is 18.8. The molecule has 0 radical (unpaired) electrons. The van der Waals surface area contributed by atoms with Gasteiger partial charge in [-0.05, 0) is 24.3 Å². The average molecular weight is 363 g/mol. The molecule has 138 valence electrons. The van der Waals surface area contributed by atoms with Gasteiger partial charge in [-0.3, -0.25) is 4.79 Å². The van der Waals surface area contributed by atoms with Gasteiger partial charge >= 0.3 is 0 Å². The molecule has 2 aliphatic rings. The average Bonchev–Trinajstić information content (AvgIpc) is 3.11. The smallest absolute Gasteiger partial charge is 0.189 e. The van der Waals surface area contributed by atoms with Crippen molar-refractivity contribution >= 4 is 22.7 Å². The van der Waals surface area contributed by atoms with Crippen LogP contribution >= 0.6 is 0 Å². The van der Waals surface area contributed by atoms with Crippen LogP contribution < -0.4 is 0 Å². The van der Waals surface area contributed by atoms with Crippen LogP contribution in [0, 0.1) is 5.92 Å². The molecule has 0 aromatic carbocycles. The number of hydrogen-bond acceptors (Lipinski definition) is 5. The monoisotopic (exact) mass is 363 g/mol. The lowest BCUT2D eigenvalue weighted by atomic mass is 10.0. The summed E-state index contributed by atoms with van der Waals surface area (Å²) in [5, 5.41) is 0. The maximum Gasteiger partial charge on any atom is 0.189 e. The highest BCUT2D eigenvalue weighted by atomic mass is 16.5. The van der Waals surface area contributed by atoms with E-state index in [0.717, 1.165) is 18.4 Å². The minimum Gasteiger partial charge on any atom is -0.465 e. The summed E-state index contributed by atoms with van der Waals surface area (Å²) >= 11 is 0. The van der Waals surface area contributed by atoms with Gasteiger partial charge in [0.15, 0.2) is 22.9 Å². The molecule has 3 heterocycles. The lowest BCUT2D eigenvalue weighted by molar-refractivity contribution is 0.0969. The number of Topliss-reactive ketones (excluding diaryl/α,β-unsaturated/α-hetero) is 1. The minimum atomic E-state index is 0.0530. The molecule has 6 nitrogen and oxygen atoms in total. The number of aromatic nitrogens is 3. The van der Waals surface area contributed by atoms with Crippen LogP contribution in [0.4, 0.5) is 0 Å². The molecule has 0 spiro atoms. The van der Waals surface area contributed by atoms with E-state index in [1.807, 2.05) is 26.0 Å². The van der Waals surface area contributed by atoms with Crippen LogP contribution in [0.15, 0.2) is 54.5 Å². The SMILES string of the molecule is CC(C)CC(=O)c1c[nH]c2ncc(C3=COC=C(C4=CC=CCC4)O3)nc12. The summed E-state index contributed by atoms with van der Waals surface area (Å²) in [5.74, 6) is 1.48. The highest BCUT2D eigenvalue weighted by Crippen LogP contribution is 2.30. The predicted molar refractivity (Wildman–Crippen MR) is 102 cm³/mol. The molecule has 1 N–H and O–H groups in total. The number of nitrogens with zero attached hydrogens (tertiary/aromatic N) is 2. The van der Waals surface area contributed by atoms with E-state index in [1.54, 1.807) is 18.7 Å². The van der Waals surface area contributed by atoms with Crippen molar-refractivity contribution in [1.29, 1.82) is 0 Å².